The maximum Gasteiger partial charge on any atom is 0.348 e. The van der Waals surface area contributed by atoms with E-state index in [-0.39, 0.29) is 23.0 Å². The van der Waals surface area contributed by atoms with Gasteiger partial charge in [-0.2, -0.15) is 0 Å². The van der Waals surface area contributed by atoms with Crippen molar-refractivity contribution in [2.24, 2.45) is 0 Å². The molecule has 0 radical (unpaired) electrons. The van der Waals surface area contributed by atoms with Crippen LogP contribution in [0.15, 0.2) is 36.4 Å². The van der Waals surface area contributed by atoms with Crippen molar-refractivity contribution in [3.63, 3.8) is 0 Å². The highest BCUT2D eigenvalue weighted by atomic mass is 32.2. The summed E-state index contributed by atoms with van der Waals surface area (Å²) in [5.74, 6) is 0.460. The van der Waals surface area contributed by atoms with Crippen molar-refractivity contribution in [3.05, 3.63) is 51.7 Å². The van der Waals surface area contributed by atoms with E-state index in [9.17, 15) is 14.4 Å². The van der Waals surface area contributed by atoms with Crippen LogP contribution in [-0.4, -0.2) is 35.9 Å². The van der Waals surface area contributed by atoms with E-state index >= 15 is 0 Å². The quantitative estimate of drug-likeness (QED) is 0.244. The van der Waals surface area contributed by atoms with Gasteiger partial charge in [0, 0.05) is 22.5 Å². The van der Waals surface area contributed by atoms with Gasteiger partial charge in [-0.15, -0.1) is 23.1 Å². The fourth-order valence-corrected chi connectivity index (χ4v) is 5.82. The Balaban J connectivity index is 1.56. The molecule has 0 saturated carbocycles. The lowest BCUT2D eigenvalue weighted by Gasteiger charge is -2.24. The minimum Gasteiger partial charge on any atom is -0.465 e. The molecule has 5 nitrogen and oxygen atoms in total. The maximum absolute atomic E-state index is 12.5. The van der Waals surface area contributed by atoms with Crippen LogP contribution in [0.1, 0.15) is 70.4 Å². The zero-order valence-corrected chi connectivity index (χ0v) is 19.7. The number of carbonyl (C=O) groups is 3. The standard InChI is InChI=1S/C24H29NO4S2/c1-3-4-5-8-20(26)17-10-12-18(13-11-17)25-22(27)16-30-23(25)9-6-7-19-14-15-21(31-19)24(28)29-2/h10-15,23H,3-9,16H2,1-2H3. The smallest absolute Gasteiger partial charge is 0.348 e. The lowest BCUT2D eigenvalue weighted by Crippen LogP contribution is -2.32. The number of nitrogens with zero attached hydrogens (tertiary/aromatic N) is 1. The first-order valence-corrected chi connectivity index (χ1v) is 12.6. The lowest BCUT2D eigenvalue weighted by molar-refractivity contribution is -0.115. The van der Waals surface area contributed by atoms with Crippen molar-refractivity contribution < 1.29 is 19.1 Å². The number of amides is 1. The fourth-order valence-electron chi connectivity index (χ4n) is 3.66. The van der Waals surface area contributed by atoms with Crippen LogP contribution in [0.5, 0.6) is 0 Å². The van der Waals surface area contributed by atoms with E-state index in [0.29, 0.717) is 17.1 Å². The second-order valence-electron chi connectivity index (χ2n) is 7.61. The molecule has 1 fully saturated rings. The lowest BCUT2D eigenvalue weighted by atomic mass is 10.0. The van der Waals surface area contributed by atoms with E-state index in [2.05, 4.69) is 6.92 Å². The Morgan fingerprint density at radius 1 is 1.10 bits per heavy atom. The van der Waals surface area contributed by atoms with Gasteiger partial charge in [-0.05, 0) is 62.1 Å². The molecule has 0 bridgehead atoms. The molecule has 0 N–H and O–H groups in total. The molecule has 1 saturated heterocycles. The van der Waals surface area contributed by atoms with E-state index < -0.39 is 0 Å². The van der Waals surface area contributed by atoms with Gasteiger partial charge in [-0.3, -0.25) is 14.5 Å². The highest BCUT2D eigenvalue weighted by Crippen LogP contribution is 2.34. The number of thiophene rings is 1. The number of aryl methyl sites for hydroxylation is 1. The van der Waals surface area contributed by atoms with Crippen molar-refractivity contribution in [2.75, 3.05) is 17.8 Å². The zero-order chi connectivity index (χ0) is 22.2. The van der Waals surface area contributed by atoms with Crippen molar-refractivity contribution in [1.29, 1.82) is 0 Å². The largest absolute Gasteiger partial charge is 0.465 e. The van der Waals surface area contributed by atoms with Gasteiger partial charge in [-0.25, -0.2) is 4.79 Å². The van der Waals surface area contributed by atoms with Crippen LogP contribution in [0.4, 0.5) is 5.69 Å². The Kier molecular flexibility index (Phi) is 8.72. The third-order valence-corrected chi connectivity index (χ3v) is 7.72. The number of carbonyl (C=O) groups excluding carboxylic acids is 3. The van der Waals surface area contributed by atoms with Gasteiger partial charge in [-0.1, -0.05) is 19.8 Å². The van der Waals surface area contributed by atoms with Crippen molar-refractivity contribution in [1.82, 2.24) is 0 Å². The second kappa shape index (κ2) is 11.5. The molecule has 166 valence electrons. The average Bonchev–Trinajstić information content (AvgIpc) is 3.40. The SMILES string of the molecule is CCCCCC(=O)c1ccc(N2C(=O)CSC2CCCc2ccc(C(=O)OC)s2)cc1. The van der Waals surface area contributed by atoms with E-state index in [0.717, 1.165) is 54.7 Å². The zero-order valence-electron chi connectivity index (χ0n) is 18.1. The summed E-state index contributed by atoms with van der Waals surface area (Å²) in [7, 11) is 1.39. The number of ether oxygens (including phenoxy) is 1. The molecule has 1 amide bonds. The Labute approximate surface area is 192 Å². The molecule has 1 aromatic heterocycles. The molecule has 0 aliphatic carbocycles. The van der Waals surface area contributed by atoms with Crippen molar-refractivity contribution in [2.45, 2.75) is 57.2 Å². The molecule has 1 aliphatic heterocycles. The molecule has 1 aliphatic rings. The maximum atomic E-state index is 12.5. The number of thioether (sulfide) groups is 1. The summed E-state index contributed by atoms with van der Waals surface area (Å²) >= 11 is 3.13. The summed E-state index contributed by atoms with van der Waals surface area (Å²) in [4.78, 5) is 40.0. The van der Waals surface area contributed by atoms with Crippen molar-refractivity contribution >= 4 is 46.4 Å². The van der Waals surface area contributed by atoms with Gasteiger partial charge >= 0.3 is 5.97 Å². The molecule has 2 heterocycles. The molecule has 31 heavy (non-hydrogen) atoms. The summed E-state index contributed by atoms with van der Waals surface area (Å²) in [5.41, 5.74) is 1.57. The number of unbranched alkanes of at least 4 members (excludes halogenated alkanes) is 2. The van der Waals surface area contributed by atoms with Crippen LogP contribution in [0.25, 0.3) is 0 Å². The number of rotatable bonds is 11. The summed E-state index contributed by atoms with van der Waals surface area (Å²) in [6.07, 6.45) is 6.34. The summed E-state index contributed by atoms with van der Waals surface area (Å²) < 4.78 is 4.76. The number of anilines is 1. The molecule has 0 spiro atoms. The van der Waals surface area contributed by atoms with Crippen LogP contribution in [0, 0.1) is 0 Å². The Morgan fingerprint density at radius 3 is 2.58 bits per heavy atom. The monoisotopic (exact) mass is 459 g/mol. The number of methoxy groups -OCH3 is 1. The second-order valence-corrected chi connectivity index (χ2v) is 9.94. The molecule has 1 aromatic carbocycles. The molecule has 7 heteroatoms. The number of benzene rings is 1. The van der Waals surface area contributed by atoms with E-state index in [1.807, 2.05) is 35.2 Å². The predicted molar refractivity (Wildman–Crippen MR) is 127 cm³/mol. The topological polar surface area (TPSA) is 63.7 Å². The van der Waals surface area contributed by atoms with Gasteiger partial charge in [0.15, 0.2) is 5.78 Å². The minimum absolute atomic E-state index is 0.0960. The number of Topliss-reactive ketones (excluding diaryl/α,β-unsaturated/α-hetero) is 1. The number of hydrogen-bond acceptors (Lipinski definition) is 6. The molecular weight excluding hydrogens is 430 g/mol. The summed E-state index contributed by atoms with van der Waals surface area (Å²) in [6, 6.07) is 11.3. The molecule has 2 aromatic rings. The van der Waals surface area contributed by atoms with Gasteiger partial charge in [0.25, 0.3) is 0 Å². The number of esters is 1. The van der Waals surface area contributed by atoms with Gasteiger partial charge < -0.3 is 4.74 Å². The Hall–Kier alpha value is -2.12. The average molecular weight is 460 g/mol. The van der Waals surface area contributed by atoms with Crippen LogP contribution in [0.2, 0.25) is 0 Å². The first kappa shape index (κ1) is 23.5. The van der Waals surface area contributed by atoms with Crippen LogP contribution < -0.4 is 4.90 Å². The Bertz CT molecular complexity index is 907. The molecule has 1 unspecified atom stereocenters. The predicted octanol–water partition coefficient (Wildman–Crippen LogP) is 5.73. The number of ketones is 1. The minimum atomic E-state index is -0.299. The van der Waals surface area contributed by atoms with E-state index in [1.165, 1.54) is 18.4 Å². The fraction of sp³-hybridized carbons (Fsp3) is 0.458. The van der Waals surface area contributed by atoms with Crippen LogP contribution >= 0.6 is 23.1 Å². The highest BCUT2D eigenvalue weighted by Gasteiger charge is 2.32. The van der Waals surface area contributed by atoms with Crippen LogP contribution in [-0.2, 0) is 16.0 Å². The third-order valence-electron chi connectivity index (χ3n) is 5.35. The Morgan fingerprint density at radius 2 is 1.87 bits per heavy atom. The van der Waals surface area contributed by atoms with Gasteiger partial charge in [0.1, 0.15) is 4.88 Å². The summed E-state index contributed by atoms with van der Waals surface area (Å²) in [5, 5.41) is 0.0960. The molecule has 3 rings (SSSR count). The normalized spacial score (nSPS) is 16.0. The van der Waals surface area contributed by atoms with E-state index in [1.54, 1.807) is 17.8 Å². The van der Waals surface area contributed by atoms with E-state index in [4.69, 9.17) is 4.74 Å². The first-order valence-electron chi connectivity index (χ1n) is 10.8. The van der Waals surface area contributed by atoms with Crippen LogP contribution in [0.3, 0.4) is 0 Å². The van der Waals surface area contributed by atoms with Gasteiger partial charge in [0.05, 0.1) is 18.2 Å². The molecule has 1 atom stereocenters. The summed E-state index contributed by atoms with van der Waals surface area (Å²) in [6.45, 7) is 2.13. The highest BCUT2D eigenvalue weighted by molar-refractivity contribution is 8.01. The van der Waals surface area contributed by atoms with Gasteiger partial charge in [0.2, 0.25) is 5.91 Å². The molecular formula is C24H29NO4S2. The van der Waals surface area contributed by atoms with Crippen molar-refractivity contribution in [3.8, 4) is 0 Å². The first-order chi connectivity index (χ1) is 15.0. The number of hydrogen-bond donors (Lipinski definition) is 0. The third kappa shape index (κ3) is 6.20.